The zero-order valence-corrected chi connectivity index (χ0v) is 17.1. The second-order valence-electron chi connectivity index (χ2n) is 6.21. The van der Waals surface area contributed by atoms with E-state index in [-0.39, 0.29) is 11.0 Å². The van der Waals surface area contributed by atoms with Crippen LogP contribution in [0.2, 0.25) is 18.1 Å². The van der Waals surface area contributed by atoms with Gasteiger partial charge in [-0.15, -0.1) is 0 Å². The van der Waals surface area contributed by atoms with Crippen molar-refractivity contribution >= 4 is 47.8 Å². The third-order valence-corrected chi connectivity index (χ3v) is 9.17. The van der Waals surface area contributed by atoms with E-state index in [0.717, 1.165) is 0 Å². The van der Waals surface area contributed by atoms with Crippen LogP contribution in [0.3, 0.4) is 0 Å². The first-order chi connectivity index (χ1) is 8.30. The maximum Gasteiger partial charge on any atom is 0.555 e. The van der Waals surface area contributed by atoms with Crippen molar-refractivity contribution in [3.8, 4) is 0 Å². The lowest BCUT2D eigenvalue weighted by Crippen LogP contribution is -2.42. The topological polar surface area (TPSA) is 18.5 Å². The van der Waals surface area contributed by atoms with Crippen LogP contribution in [0.1, 0.15) is 34.6 Å². The van der Waals surface area contributed by atoms with Gasteiger partial charge in [0.05, 0.1) is 5.76 Å². The molecule has 0 radical (unpaired) electrons. The summed E-state index contributed by atoms with van der Waals surface area (Å²) in [5.41, 5.74) is 0. The van der Waals surface area contributed by atoms with Gasteiger partial charge < -0.3 is 8.85 Å². The Morgan fingerprint density at radius 1 is 1.21 bits per heavy atom. The molecule has 0 spiro atoms. The molecule has 0 unspecified atom stereocenters. The molecule has 0 amide bonds. The number of rotatable bonds is 6. The molecule has 114 valence electrons. The van der Waals surface area contributed by atoms with Gasteiger partial charge in [0.2, 0.25) is 0 Å². The van der Waals surface area contributed by atoms with Crippen molar-refractivity contribution in [3.63, 3.8) is 0 Å². The number of hydrogen-bond acceptors (Lipinski definition) is 2. The van der Waals surface area contributed by atoms with Crippen LogP contribution in [0.4, 0.5) is 0 Å². The first-order valence-corrected chi connectivity index (χ1v) is 14.2. The first kappa shape index (κ1) is 19.8. The molecule has 2 nitrogen and oxygen atoms in total. The van der Waals surface area contributed by atoms with Crippen LogP contribution in [0.25, 0.3) is 0 Å². The lowest BCUT2D eigenvalue weighted by Gasteiger charge is -2.37. The van der Waals surface area contributed by atoms with Crippen LogP contribution in [0, 0.1) is 5.92 Å². The van der Waals surface area contributed by atoms with Gasteiger partial charge in [0.15, 0.2) is 8.32 Å². The summed E-state index contributed by atoms with van der Waals surface area (Å²) in [4.78, 5) is 0. The molecule has 0 rings (SSSR count). The summed E-state index contributed by atoms with van der Waals surface area (Å²) in [7, 11) is -1.76. The minimum absolute atomic E-state index is 0.0854. The van der Waals surface area contributed by atoms with Crippen molar-refractivity contribution in [2.24, 2.45) is 5.92 Å². The van der Waals surface area contributed by atoms with Gasteiger partial charge in [0, 0.05) is 12.5 Å². The fourth-order valence-corrected chi connectivity index (χ4v) is 3.70. The summed E-state index contributed by atoms with van der Waals surface area (Å²) in [6.07, 6.45) is -1.27. The van der Waals surface area contributed by atoms with E-state index in [1.54, 1.807) is 0 Å². The summed E-state index contributed by atoms with van der Waals surface area (Å²) in [6.45, 7) is 15.6. The Morgan fingerprint density at radius 2 is 1.68 bits per heavy atom. The van der Waals surface area contributed by atoms with Crippen LogP contribution >= 0.6 is 33.2 Å². The quantitative estimate of drug-likeness (QED) is 0.341. The molecule has 0 aromatic carbocycles. The monoisotopic (exact) mass is 362 g/mol. The zero-order chi connectivity index (χ0) is 15.5. The van der Waals surface area contributed by atoms with E-state index < -0.39 is 14.6 Å². The molecule has 0 aliphatic rings. The molecule has 0 aromatic rings. The largest absolute Gasteiger partial charge is 0.555 e. The number of halogens is 3. The van der Waals surface area contributed by atoms with Crippen molar-refractivity contribution in [1.82, 2.24) is 0 Å². The summed E-state index contributed by atoms with van der Waals surface area (Å²) < 4.78 is 11.6. The highest BCUT2D eigenvalue weighted by Gasteiger charge is 2.38. The van der Waals surface area contributed by atoms with Crippen molar-refractivity contribution in [2.75, 3.05) is 6.61 Å². The minimum Gasteiger partial charge on any atom is -0.512 e. The molecule has 19 heavy (non-hydrogen) atoms. The molecular formula is C12H25Cl3O2Si2. The van der Waals surface area contributed by atoms with Gasteiger partial charge >= 0.3 is 6.25 Å². The van der Waals surface area contributed by atoms with Gasteiger partial charge in [0.1, 0.15) is 0 Å². The highest BCUT2D eigenvalue weighted by atomic mass is 35.8. The van der Waals surface area contributed by atoms with E-state index >= 15 is 0 Å². The molecule has 0 saturated heterocycles. The minimum atomic E-state index is -3.11. The fourth-order valence-electron chi connectivity index (χ4n) is 1.21. The predicted octanol–water partition coefficient (Wildman–Crippen LogP) is 5.72. The van der Waals surface area contributed by atoms with Crippen molar-refractivity contribution < 1.29 is 8.85 Å². The van der Waals surface area contributed by atoms with Gasteiger partial charge in [-0.05, 0) is 25.1 Å². The molecule has 0 aliphatic heterocycles. The molecule has 0 aromatic heterocycles. The lowest BCUT2D eigenvalue weighted by molar-refractivity contribution is 0.224. The standard InChI is InChI=1S/C12H25Cl3O2Si2/c1-8-11(17-19(13,14)15)10(2)9-16-18(6,7)12(3,4)5/h8,10H,9H2,1-7H3/b11-8+/t10-/m0/s1. The Bertz CT molecular complexity index is 320. The summed E-state index contributed by atoms with van der Waals surface area (Å²) in [5.74, 6) is 0.785. The van der Waals surface area contributed by atoms with Gasteiger partial charge in [-0.3, -0.25) is 0 Å². The van der Waals surface area contributed by atoms with Gasteiger partial charge in [-0.2, -0.15) is 0 Å². The Labute approximate surface area is 133 Å². The van der Waals surface area contributed by atoms with E-state index in [0.29, 0.717) is 12.4 Å². The predicted molar refractivity (Wildman–Crippen MR) is 90.5 cm³/mol. The Kier molecular flexibility index (Phi) is 7.49. The van der Waals surface area contributed by atoms with Crippen LogP contribution in [-0.4, -0.2) is 21.2 Å². The number of allylic oxidation sites excluding steroid dienone is 1. The van der Waals surface area contributed by atoms with E-state index in [1.165, 1.54) is 0 Å². The molecule has 0 bridgehead atoms. The van der Waals surface area contributed by atoms with Crippen LogP contribution in [-0.2, 0) is 8.85 Å². The van der Waals surface area contributed by atoms with Crippen molar-refractivity contribution in [2.45, 2.75) is 52.8 Å². The van der Waals surface area contributed by atoms with Crippen molar-refractivity contribution in [1.29, 1.82) is 0 Å². The average Bonchev–Trinajstić information content (AvgIpc) is 2.19. The Balaban J connectivity index is 4.58. The SMILES string of the molecule is C/C=C(/O[Si](Cl)(Cl)Cl)[C@@H](C)CO[Si](C)(C)C(C)(C)C. The summed E-state index contributed by atoms with van der Waals surface area (Å²) >= 11 is 17.4. The molecule has 0 fully saturated rings. The normalized spacial score (nSPS) is 16.4. The lowest BCUT2D eigenvalue weighted by atomic mass is 10.1. The van der Waals surface area contributed by atoms with Gasteiger partial charge in [-0.1, -0.05) is 67.0 Å². The zero-order valence-electron chi connectivity index (χ0n) is 12.8. The molecule has 0 aliphatic carbocycles. The van der Waals surface area contributed by atoms with Crippen LogP contribution in [0.5, 0.6) is 0 Å². The second-order valence-corrected chi connectivity index (χ2v) is 18.6. The smallest absolute Gasteiger partial charge is 0.512 e. The summed E-state index contributed by atoms with van der Waals surface area (Å²) in [6, 6.07) is 0. The molecular weight excluding hydrogens is 339 g/mol. The van der Waals surface area contributed by atoms with E-state index in [9.17, 15) is 0 Å². The maximum absolute atomic E-state index is 6.16. The second kappa shape index (κ2) is 7.18. The number of hydrogen-bond donors (Lipinski definition) is 0. The third-order valence-electron chi connectivity index (χ3n) is 3.50. The first-order valence-electron chi connectivity index (χ1n) is 6.36. The third kappa shape index (κ3) is 7.39. The van der Waals surface area contributed by atoms with Crippen molar-refractivity contribution in [3.05, 3.63) is 11.8 Å². The molecule has 0 heterocycles. The Morgan fingerprint density at radius 3 is 2.00 bits per heavy atom. The molecule has 7 heteroatoms. The van der Waals surface area contributed by atoms with E-state index in [1.807, 2.05) is 19.9 Å². The molecule has 0 N–H and O–H groups in total. The highest BCUT2D eigenvalue weighted by molar-refractivity contribution is 7.62. The van der Waals surface area contributed by atoms with Gasteiger partial charge in [0.25, 0.3) is 0 Å². The summed E-state index contributed by atoms with van der Waals surface area (Å²) in [5, 5.41) is 0.188. The highest BCUT2D eigenvalue weighted by Crippen LogP contribution is 2.37. The van der Waals surface area contributed by atoms with E-state index in [2.05, 4.69) is 33.9 Å². The van der Waals surface area contributed by atoms with Gasteiger partial charge in [-0.25, -0.2) is 0 Å². The van der Waals surface area contributed by atoms with E-state index in [4.69, 9.17) is 42.1 Å². The fraction of sp³-hybridized carbons (Fsp3) is 0.833. The maximum atomic E-state index is 6.16. The Hall–Kier alpha value is 0.804. The average molecular weight is 364 g/mol. The van der Waals surface area contributed by atoms with Crippen LogP contribution in [0.15, 0.2) is 11.8 Å². The molecule has 1 atom stereocenters. The van der Waals surface area contributed by atoms with Crippen LogP contribution < -0.4 is 0 Å². The molecule has 0 saturated carbocycles.